The van der Waals surface area contributed by atoms with Gasteiger partial charge in [0.15, 0.2) is 5.75 Å². The molecule has 16 heteroatoms. The van der Waals surface area contributed by atoms with Crippen LogP contribution in [0.5, 0.6) is 23.0 Å². The summed E-state index contributed by atoms with van der Waals surface area (Å²) in [6.07, 6.45) is 0.699. The fraction of sp³-hybridized carbons (Fsp3) is 0.136. The highest BCUT2D eigenvalue weighted by Gasteiger charge is 2.19. The Hall–Kier alpha value is -7.27. The number of aromatic hydroxyl groups is 1. The number of phenols is 1. The van der Waals surface area contributed by atoms with Gasteiger partial charge in [0.2, 0.25) is 0 Å². The quantitative estimate of drug-likeness (QED) is 0.0571. The zero-order valence-electron chi connectivity index (χ0n) is 32.6. The van der Waals surface area contributed by atoms with Crippen LogP contribution < -0.4 is 19.5 Å². The molecule has 0 spiro atoms. The first-order valence-electron chi connectivity index (χ1n) is 18.6. The fourth-order valence-corrected chi connectivity index (χ4v) is 6.92. The Kier molecular flexibility index (Phi) is 12.4. The number of benzene rings is 7. The molecule has 304 valence electrons. The number of methoxy groups -OCH3 is 2. The Labute approximate surface area is 345 Å². The number of rotatable bonds is 15. The average Bonchev–Trinajstić information content (AvgIpc) is 3.26. The Morgan fingerprint density at radius 3 is 2.02 bits per heavy atom. The molecule has 15 nitrogen and oxygen atoms in total. The molecule has 7 rings (SSSR count). The van der Waals surface area contributed by atoms with Gasteiger partial charge >= 0.3 is 0 Å². The number of aliphatic hydroxyl groups excluding tert-OH is 1. The minimum atomic E-state index is -4.68. The molecule has 4 N–H and O–H groups in total. The first-order chi connectivity index (χ1) is 29.1. The minimum absolute atomic E-state index is 0.0192. The van der Waals surface area contributed by atoms with Gasteiger partial charge < -0.3 is 29.7 Å². The lowest BCUT2D eigenvalue weighted by Crippen LogP contribution is -2.01. The van der Waals surface area contributed by atoms with Crippen molar-refractivity contribution >= 4 is 77.2 Å². The summed E-state index contributed by atoms with van der Waals surface area (Å²) in [5.41, 5.74) is 3.47. The van der Waals surface area contributed by atoms with Crippen molar-refractivity contribution in [3.63, 3.8) is 0 Å². The first-order valence-corrected chi connectivity index (χ1v) is 20.0. The van der Waals surface area contributed by atoms with Crippen LogP contribution in [0.25, 0.3) is 21.5 Å². The molecule has 0 fully saturated rings. The second-order valence-corrected chi connectivity index (χ2v) is 14.6. The first kappa shape index (κ1) is 40.9. The summed E-state index contributed by atoms with van der Waals surface area (Å²) in [4.78, 5) is -0.490. The molecule has 7 aromatic carbocycles. The molecule has 0 bridgehead atoms. The van der Waals surface area contributed by atoms with Crippen molar-refractivity contribution in [2.75, 3.05) is 26.1 Å². The van der Waals surface area contributed by atoms with E-state index >= 15 is 0 Å². The number of nitrogens with one attached hydrogen (secondary N) is 1. The van der Waals surface area contributed by atoms with Crippen LogP contribution in [-0.2, 0) is 16.7 Å². The lowest BCUT2D eigenvalue weighted by Gasteiger charge is -2.11. The van der Waals surface area contributed by atoms with Crippen LogP contribution in [0.15, 0.2) is 157 Å². The average molecular weight is 826 g/mol. The van der Waals surface area contributed by atoms with Crippen molar-refractivity contribution in [3.05, 3.63) is 127 Å². The van der Waals surface area contributed by atoms with E-state index in [9.17, 15) is 23.2 Å². The predicted octanol–water partition coefficient (Wildman–Crippen LogP) is 12.2. The summed E-state index contributed by atoms with van der Waals surface area (Å²) in [5.74, 6) is 0.794. The maximum Gasteiger partial charge on any atom is 0.296 e. The maximum atomic E-state index is 12.2. The van der Waals surface area contributed by atoms with Gasteiger partial charge in [0.05, 0.1) is 38.8 Å². The number of nitrogens with zero attached hydrogens (tertiary/aromatic N) is 6. The summed E-state index contributed by atoms with van der Waals surface area (Å²) in [6.45, 7) is 1.77. The highest BCUT2D eigenvalue weighted by molar-refractivity contribution is 7.86. The standard InChI is InChI=1S/C44H39N7O8S/c1-4-20-59-31-16-19-35(42(23-31)60(54,55)56)46-48-37-24-40(57-2)39(22-28(37)26-52)50-49-38-25-41(58-3)43(34-13-9-8-12-33(34)38)51-47-36-18-14-27-21-30(15-17-32(27)44(36)53)45-29-10-6-5-7-11-29/h5-19,21-25,45,52-53H,4,20,26H2,1-3H3,(H,54,55,56). The molecule has 7 aromatic rings. The van der Waals surface area contributed by atoms with E-state index < -0.39 is 21.6 Å². The molecule has 0 atom stereocenters. The van der Waals surface area contributed by atoms with Crippen molar-refractivity contribution < 1.29 is 37.4 Å². The van der Waals surface area contributed by atoms with Gasteiger partial charge in [-0.25, -0.2) is 0 Å². The Morgan fingerprint density at radius 2 is 1.28 bits per heavy atom. The van der Waals surface area contributed by atoms with E-state index in [4.69, 9.17) is 14.2 Å². The van der Waals surface area contributed by atoms with E-state index in [1.54, 1.807) is 12.1 Å². The highest BCUT2D eigenvalue weighted by Crippen LogP contribution is 2.45. The van der Waals surface area contributed by atoms with Crippen LogP contribution >= 0.6 is 0 Å². The molecule has 60 heavy (non-hydrogen) atoms. The second kappa shape index (κ2) is 18.1. The number of para-hydroxylation sites is 1. The molecule has 0 aliphatic carbocycles. The van der Waals surface area contributed by atoms with E-state index in [2.05, 4.69) is 36.0 Å². The van der Waals surface area contributed by atoms with Gasteiger partial charge in [-0.2, -0.15) is 13.5 Å². The fourth-order valence-electron chi connectivity index (χ4n) is 6.28. The molecule has 0 aromatic heterocycles. The second-order valence-electron chi connectivity index (χ2n) is 13.2. The summed E-state index contributed by atoms with van der Waals surface area (Å²) >= 11 is 0. The number of ether oxygens (including phenoxy) is 3. The van der Waals surface area contributed by atoms with Crippen LogP contribution in [-0.4, -0.2) is 44.0 Å². The number of anilines is 2. The molecule has 0 saturated heterocycles. The van der Waals surface area contributed by atoms with Gasteiger partial charge in [-0.3, -0.25) is 4.55 Å². The molecular weight excluding hydrogens is 787 g/mol. The topological polar surface area (TPSA) is 209 Å². The summed E-state index contributed by atoms with van der Waals surface area (Å²) in [7, 11) is -1.76. The van der Waals surface area contributed by atoms with Gasteiger partial charge in [-0.05, 0) is 66.4 Å². The number of hydrogen-bond donors (Lipinski definition) is 4. The lowest BCUT2D eigenvalue weighted by atomic mass is 10.1. The van der Waals surface area contributed by atoms with Crippen LogP contribution in [0.2, 0.25) is 0 Å². The molecule has 0 unspecified atom stereocenters. The summed E-state index contributed by atoms with van der Waals surface area (Å²) < 4.78 is 51.0. The Bertz CT molecular complexity index is 2910. The van der Waals surface area contributed by atoms with Gasteiger partial charge in [0.1, 0.15) is 44.9 Å². The minimum Gasteiger partial charge on any atom is -0.505 e. The molecular formula is C44H39N7O8S. The zero-order valence-corrected chi connectivity index (χ0v) is 33.5. The van der Waals surface area contributed by atoms with Gasteiger partial charge in [-0.1, -0.05) is 55.5 Å². The monoisotopic (exact) mass is 825 g/mol. The maximum absolute atomic E-state index is 12.2. The molecule has 0 heterocycles. The van der Waals surface area contributed by atoms with Crippen molar-refractivity contribution in [2.24, 2.45) is 30.7 Å². The van der Waals surface area contributed by atoms with Crippen LogP contribution in [0, 0.1) is 0 Å². The molecule has 0 aliphatic heterocycles. The van der Waals surface area contributed by atoms with Crippen molar-refractivity contribution in [1.29, 1.82) is 0 Å². The summed E-state index contributed by atoms with van der Waals surface area (Å²) in [6, 6.07) is 35.1. The molecule has 0 amide bonds. The smallest absolute Gasteiger partial charge is 0.296 e. The van der Waals surface area contributed by atoms with Crippen molar-refractivity contribution in [3.8, 4) is 23.0 Å². The van der Waals surface area contributed by atoms with E-state index in [0.717, 1.165) is 16.8 Å². The zero-order chi connectivity index (χ0) is 42.2. The van der Waals surface area contributed by atoms with Crippen molar-refractivity contribution in [1.82, 2.24) is 0 Å². The van der Waals surface area contributed by atoms with Gasteiger partial charge in [0, 0.05) is 51.3 Å². The van der Waals surface area contributed by atoms with E-state index in [0.29, 0.717) is 46.3 Å². The van der Waals surface area contributed by atoms with Crippen molar-refractivity contribution in [2.45, 2.75) is 24.8 Å². The molecule has 0 aliphatic rings. The Morgan fingerprint density at radius 1 is 0.617 bits per heavy atom. The van der Waals surface area contributed by atoms with E-state index in [1.165, 1.54) is 44.6 Å². The van der Waals surface area contributed by atoms with Crippen LogP contribution in [0.1, 0.15) is 18.9 Å². The lowest BCUT2D eigenvalue weighted by molar-refractivity contribution is 0.282. The van der Waals surface area contributed by atoms with Crippen LogP contribution in [0.3, 0.4) is 0 Å². The third-order valence-corrected chi connectivity index (χ3v) is 10.1. The highest BCUT2D eigenvalue weighted by atomic mass is 32.2. The van der Waals surface area contributed by atoms with Gasteiger partial charge in [-0.15, -0.1) is 25.6 Å². The SMILES string of the molecule is CCCOc1ccc(N=Nc2cc(OC)c(N=Nc3cc(OC)c(N=Nc4ccc5cc(Nc6ccccc6)ccc5c4O)c4ccccc34)cc2CO)c(S(=O)(=O)O)c1. The largest absolute Gasteiger partial charge is 0.505 e. The number of aliphatic hydroxyl groups is 1. The Balaban J connectivity index is 1.18. The number of azo groups is 3. The number of hydrogen-bond acceptors (Lipinski definition) is 14. The van der Waals surface area contributed by atoms with E-state index in [-0.39, 0.29) is 45.6 Å². The number of fused-ring (bicyclic) bond motifs is 2. The van der Waals surface area contributed by atoms with Gasteiger partial charge in [0.25, 0.3) is 10.1 Å². The molecule has 0 radical (unpaired) electrons. The van der Waals surface area contributed by atoms with E-state index in [1.807, 2.05) is 85.8 Å². The summed E-state index contributed by atoms with van der Waals surface area (Å²) in [5, 5.41) is 53.8. The third kappa shape index (κ3) is 9.05. The van der Waals surface area contributed by atoms with Crippen LogP contribution in [0.4, 0.5) is 45.5 Å². The third-order valence-electron chi connectivity index (χ3n) is 9.23. The molecule has 0 saturated carbocycles. The normalized spacial score (nSPS) is 11.9. The number of phenolic OH excluding ortho intramolecular Hbond substituents is 1. The predicted molar refractivity (Wildman–Crippen MR) is 229 cm³/mol.